The van der Waals surface area contributed by atoms with Crippen molar-refractivity contribution < 1.29 is 4.79 Å². The highest BCUT2D eigenvalue weighted by molar-refractivity contribution is 6.30. The van der Waals surface area contributed by atoms with Crippen LogP contribution >= 0.6 is 11.6 Å². The lowest BCUT2D eigenvalue weighted by atomic mass is 10.2. The van der Waals surface area contributed by atoms with E-state index in [0.29, 0.717) is 18.2 Å². The summed E-state index contributed by atoms with van der Waals surface area (Å²) < 4.78 is 1.67. The second-order valence-corrected chi connectivity index (χ2v) is 4.86. The lowest BCUT2D eigenvalue weighted by molar-refractivity contribution is -0.134. The van der Waals surface area contributed by atoms with E-state index in [4.69, 9.17) is 11.6 Å². The Morgan fingerprint density at radius 1 is 1.35 bits per heavy atom. The summed E-state index contributed by atoms with van der Waals surface area (Å²) in [5.41, 5.74) is 1.95. The van der Waals surface area contributed by atoms with E-state index in [1.54, 1.807) is 9.58 Å². The van der Waals surface area contributed by atoms with Crippen LogP contribution in [0.1, 0.15) is 11.3 Å². The van der Waals surface area contributed by atoms with Crippen molar-refractivity contribution in [2.75, 3.05) is 26.7 Å². The number of aryl methyl sites for hydroxylation is 2. The summed E-state index contributed by atoms with van der Waals surface area (Å²) in [6.45, 7) is 4.75. The van der Waals surface area contributed by atoms with Crippen LogP contribution in [0.25, 0.3) is 0 Å². The number of hydrogen-bond acceptors (Lipinski definition) is 3. The first kappa shape index (κ1) is 12.4. The fourth-order valence-electron chi connectivity index (χ4n) is 2.02. The summed E-state index contributed by atoms with van der Waals surface area (Å²) in [7, 11) is 3.66. The van der Waals surface area contributed by atoms with E-state index in [2.05, 4.69) is 10.00 Å². The van der Waals surface area contributed by atoms with Crippen molar-refractivity contribution in [2.24, 2.45) is 7.05 Å². The van der Waals surface area contributed by atoms with E-state index in [-0.39, 0.29) is 5.91 Å². The van der Waals surface area contributed by atoms with Gasteiger partial charge in [0.15, 0.2) is 0 Å². The molecular weight excluding hydrogens is 240 g/mol. The third-order valence-corrected chi connectivity index (χ3v) is 3.66. The predicted molar refractivity (Wildman–Crippen MR) is 65.9 cm³/mol. The monoisotopic (exact) mass is 256 g/mol. The molecule has 2 heterocycles. The van der Waals surface area contributed by atoms with Gasteiger partial charge in [-0.15, -0.1) is 0 Å². The van der Waals surface area contributed by atoms with Crippen LogP contribution in [0.3, 0.4) is 0 Å². The zero-order valence-electron chi connectivity index (χ0n) is 10.4. The quantitative estimate of drug-likeness (QED) is 0.781. The molecule has 0 bridgehead atoms. The van der Waals surface area contributed by atoms with Gasteiger partial charge in [0.25, 0.3) is 0 Å². The van der Waals surface area contributed by atoms with Gasteiger partial charge in [-0.05, 0) is 6.92 Å². The highest BCUT2D eigenvalue weighted by Crippen LogP contribution is 2.21. The van der Waals surface area contributed by atoms with E-state index in [0.717, 1.165) is 24.3 Å². The predicted octanol–water partition coefficient (Wildman–Crippen LogP) is 0.656. The van der Waals surface area contributed by atoms with Crippen molar-refractivity contribution in [2.45, 2.75) is 13.5 Å². The highest BCUT2D eigenvalue weighted by atomic mass is 35.5. The van der Waals surface area contributed by atoms with Gasteiger partial charge in [0.1, 0.15) is 5.15 Å². The Kier molecular flexibility index (Phi) is 3.40. The van der Waals surface area contributed by atoms with Crippen LogP contribution in [-0.2, 0) is 18.4 Å². The second-order valence-electron chi connectivity index (χ2n) is 4.50. The van der Waals surface area contributed by atoms with Gasteiger partial charge < -0.3 is 4.90 Å². The van der Waals surface area contributed by atoms with Crippen molar-refractivity contribution in [3.63, 3.8) is 0 Å². The number of amides is 1. The molecule has 1 amide bonds. The number of nitrogens with zero attached hydrogens (tertiary/aromatic N) is 4. The Bertz CT molecular complexity index is 443. The molecule has 94 valence electrons. The molecular formula is C11H17ClN4O. The maximum atomic E-state index is 11.6. The summed E-state index contributed by atoms with van der Waals surface area (Å²) in [6, 6.07) is 0. The van der Waals surface area contributed by atoms with Crippen molar-refractivity contribution in [1.29, 1.82) is 0 Å². The van der Waals surface area contributed by atoms with Crippen LogP contribution in [-0.4, -0.2) is 52.2 Å². The van der Waals surface area contributed by atoms with Gasteiger partial charge >= 0.3 is 0 Å². The fourth-order valence-corrected chi connectivity index (χ4v) is 2.25. The van der Waals surface area contributed by atoms with Crippen LogP contribution in [0.5, 0.6) is 0 Å². The Morgan fingerprint density at radius 2 is 2.06 bits per heavy atom. The van der Waals surface area contributed by atoms with E-state index in [1.165, 1.54) is 0 Å². The lowest BCUT2D eigenvalue weighted by Crippen LogP contribution is -2.48. The summed E-state index contributed by atoms with van der Waals surface area (Å²) >= 11 is 6.18. The molecule has 0 atom stereocenters. The molecule has 0 saturated carbocycles. The maximum Gasteiger partial charge on any atom is 0.236 e. The third-order valence-electron chi connectivity index (χ3n) is 3.19. The summed E-state index contributed by atoms with van der Waals surface area (Å²) in [5.74, 6) is 0.161. The molecule has 5 nitrogen and oxygen atoms in total. The minimum absolute atomic E-state index is 0.161. The molecule has 0 unspecified atom stereocenters. The Morgan fingerprint density at radius 3 is 2.59 bits per heavy atom. The van der Waals surface area contributed by atoms with Gasteiger partial charge in [-0.3, -0.25) is 14.4 Å². The first-order valence-electron chi connectivity index (χ1n) is 5.63. The van der Waals surface area contributed by atoms with E-state index in [9.17, 15) is 4.79 Å². The van der Waals surface area contributed by atoms with Crippen LogP contribution in [0, 0.1) is 6.92 Å². The summed E-state index contributed by atoms with van der Waals surface area (Å²) in [6.07, 6.45) is 0. The Hall–Kier alpha value is -1.07. The lowest BCUT2D eigenvalue weighted by Gasteiger charge is -2.31. The molecule has 0 radical (unpaired) electrons. The molecule has 6 heteroatoms. The topological polar surface area (TPSA) is 41.4 Å². The molecule has 1 aromatic heterocycles. The van der Waals surface area contributed by atoms with Crippen LogP contribution < -0.4 is 0 Å². The number of carbonyl (C=O) groups is 1. The van der Waals surface area contributed by atoms with Crippen molar-refractivity contribution in [3.05, 3.63) is 16.4 Å². The standard InChI is InChI=1S/C11H17ClN4O/c1-8-9(11(12)15(3)13-8)6-16-5-4-14(2)10(17)7-16/h4-7H2,1-3H3. The number of halogens is 1. The minimum atomic E-state index is 0.161. The minimum Gasteiger partial charge on any atom is -0.343 e. The average Bonchev–Trinajstić information content (AvgIpc) is 2.50. The van der Waals surface area contributed by atoms with E-state index in [1.807, 2.05) is 21.0 Å². The Labute approximate surface area is 106 Å². The van der Waals surface area contributed by atoms with Gasteiger partial charge in [-0.25, -0.2) is 0 Å². The van der Waals surface area contributed by atoms with Gasteiger partial charge in [0.05, 0.1) is 12.2 Å². The first-order valence-corrected chi connectivity index (χ1v) is 6.01. The van der Waals surface area contributed by atoms with E-state index < -0.39 is 0 Å². The number of rotatable bonds is 2. The molecule has 2 rings (SSSR count). The molecule has 1 aliphatic heterocycles. The van der Waals surface area contributed by atoms with E-state index >= 15 is 0 Å². The molecule has 1 fully saturated rings. The largest absolute Gasteiger partial charge is 0.343 e. The summed E-state index contributed by atoms with van der Waals surface area (Å²) in [4.78, 5) is 15.5. The Balaban J connectivity index is 2.09. The molecule has 1 aliphatic rings. The molecule has 17 heavy (non-hydrogen) atoms. The van der Waals surface area contributed by atoms with Crippen LogP contribution in [0.2, 0.25) is 5.15 Å². The second kappa shape index (κ2) is 4.66. The molecule has 1 saturated heterocycles. The summed E-state index contributed by atoms with van der Waals surface area (Å²) in [5, 5.41) is 4.93. The normalized spacial score (nSPS) is 17.9. The van der Waals surface area contributed by atoms with Crippen LogP contribution in [0.15, 0.2) is 0 Å². The number of carbonyl (C=O) groups excluding carboxylic acids is 1. The first-order chi connectivity index (χ1) is 7.99. The van der Waals surface area contributed by atoms with Gasteiger partial charge in [0.2, 0.25) is 5.91 Å². The molecule has 0 aliphatic carbocycles. The zero-order valence-corrected chi connectivity index (χ0v) is 11.2. The SMILES string of the molecule is Cc1nn(C)c(Cl)c1CN1CCN(C)C(=O)C1. The smallest absolute Gasteiger partial charge is 0.236 e. The number of aromatic nitrogens is 2. The number of likely N-dealkylation sites (N-methyl/N-ethyl adjacent to an activating group) is 1. The van der Waals surface area contributed by atoms with Crippen molar-refractivity contribution >= 4 is 17.5 Å². The van der Waals surface area contributed by atoms with Crippen LogP contribution in [0.4, 0.5) is 0 Å². The van der Waals surface area contributed by atoms with Gasteiger partial charge in [-0.2, -0.15) is 5.10 Å². The number of piperazine rings is 1. The molecule has 1 aromatic rings. The molecule has 0 spiro atoms. The fraction of sp³-hybridized carbons (Fsp3) is 0.636. The van der Waals surface area contributed by atoms with Crippen molar-refractivity contribution in [1.82, 2.24) is 19.6 Å². The highest BCUT2D eigenvalue weighted by Gasteiger charge is 2.23. The third kappa shape index (κ3) is 2.45. The number of hydrogen-bond donors (Lipinski definition) is 0. The maximum absolute atomic E-state index is 11.6. The van der Waals surface area contributed by atoms with Gasteiger partial charge in [0, 0.05) is 39.3 Å². The molecule has 0 aromatic carbocycles. The average molecular weight is 257 g/mol. The zero-order chi connectivity index (χ0) is 12.6. The van der Waals surface area contributed by atoms with Crippen molar-refractivity contribution in [3.8, 4) is 0 Å². The molecule has 0 N–H and O–H groups in total. The van der Waals surface area contributed by atoms with Gasteiger partial charge in [-0.1, -0.05) is 11.6 Å².